The number of rotatable bonds is 6. The Balaban J connectivity index is 1.35. The lowest BCUT2D eigenvalue weighted by Gasteiger charge is -2.18. The van der Waals surface area contributed by atoms with Gasteiger partial charge in [0.05, 0.1) is 25.3 Å². The first kappa shape index (κ1) is 20.2. The van der Waals surface area contributed by atoms with Gasteiger partial charge >= 0.3 is 5.97 Å². The molecule has 3 aromatic rings. The number of carbonyl (C=O) groups excluding carboxylic acids is 2. The first-order chi connectivity index (χ1) is 15.1. The second-order valence-electron chi connectivity index (χ2n) is 6.72. The smallest absolute Gasteiger partial charge is 0.337 e. The fraction of sp³-hybridized carbons (Fsp3) is 0.174. The Morgan fingerprint density at radius 3 is 2.74 bits per heavy atom. The van der Waals surface area contributed by atoms with Gasteiger partial charge in [-0.15, -0.1) is 0 Å². The zero-order valence-corrected chi connectivity index (χ0v) is 16.8. The maximum absolute atomic E-state index is 12.2. The molecule has 158 valence electrons. The molecule has 1 aromatic heterocycles. The Kier molecular flexibility index (Phi) is 5.98. The third-order valence-corrected chi connectivity index (χ3v) is 4.55. The molecule has 8 nitrogen and oxygen atoms in total. The van der Waals surface area contributed by atoms with Gasteiger partial charge in [-0.3, -0.25) is 4.79 Å². The average molecular weight is 420 g/mol. The van der Waals surface area contributed by atoms with Crippen LogP contribution >= 0.6 is 0 Å². The predicted octanol–water partition coefficient (Wildman–Crippen LogP) is 3.20. The molecule has 2 heterocycles. The topological polar surface area (TPSA) is 99.4 Å². The number of furan rings is 1. The molecule has 0 bridgehead atoms. The van der Waals surface area contributed by atoms with Gasteiger partial charge < -0.3 is 18.6 Å². The maximum Gasteiger partial charge on any atom is 0.337 e. The molecule has 1 N–H and O–H groups in total. The first-order valence-electron chi connectivity index (χ1n) is 9.61. The van der Waals surface area contributed by atoms with E-state index in [4.69, 9.17) is 18.6 Å². The van der Waals surface area contributed by atoms with Crippen LogP contribution in [0.1, 0.15) is 21.7 Å². The van der Waals surface area contributed by atoms with E-state index in [-0.39, 0.29) is 12.3 Å². The molecule has 1 aliphatic heterocycles. The van der Waals surface area contributed by atoms with E-state index in [0.29, 0.717) is 41.8 Å². The van der Waals surface area contributed by atoms with E-state index in [1.54, 1.807) is 42.5 Å². The van der Waals surface area contributed by atoms with Gasteiger partial charge in [-0.2, -0.15) is 5.10 Å². The molecule has 31 heavy (non-hydrogen) atoms. The van der Waals surface area contributed by atoms with Crippen molar-refractivity contribution in [2.45, 2.75) is 6.42 Å². The molecular weight excluding hydrogens is 400 g/mol. The standard InChI is InChI=1S/C23H20N2O6/c1-28-23(27)17-4-2-3-16(13-17)19-8-6-18(31-19)14-24-25-22(26)12-15-5-7-20-21(11-15)30-10-9-29-20/h2-8,11,13-14H,9-10,12H2,1H3,(H,25,26)/b24-14-. The van der Waals surface area contributed by atoms with Gasteiger partial charge in [-0.25, -0.2) is 10.2 Å². The lowest BCUT2D eigenvalue weighted by molar-refractivity contribution is -0.120. The molecule has 0 aliphatic carbocycles. The summed E-state index contributed by atoms with van der Waals surface area (Å²) in [6.07, 6.45) is 1.56. The molecule has 2 aromatic carbocycles. The zero-order valence-electron chi connectivity index (χ0n) is 16.8. The van der Waals surface area contributed by atoms with Crippen molar-refractivity contribution in [2.24, 2.45) is 5.10 Å². The summed E-state index contributed by atoms with van der Waals surface area (Å²) in [7, 11) is 1.33. The summed E-state index contributed by atoms with van der Waals surface area (Å²) in [4.78, 5) is 23.8. The van der Waals surface area contributed by atoms with Crippen LogP contribution in [0.5, 0.6) is 11.5 Å². The van der Waals surface area contributed by atoms with Crippen LogP contribution in [0.4, 0.5) is 0 Å². The minimum absolute atomic E-state index is 0.151. The molecule has 8 heteroatoms. The van der Waals surface area contributed by atoms with Gasteiger partial charge in [-0.1, -0.05) is 18.2 Å². The number of methoxy groups -OCH3 is 1. The normalized spacial score (nSPS) is 12.5. The molecule has 0 atom stereocenters. The molecule has 1 aliphatic rings. The zero-order chi connectivity index (χ0) is 21.6. The lowest BCUT2D eigenvalue weighted by Crippen LogP contribution is -2.20. The number of hydrazone groups is 1. The fourth-order valence-electron chi connectivity index (χ4n) is 3.09. The SMILES string of the molecule is COC(=O)c1cccc(-c2ccc(/C=N\NC(=O)Cc3ccc4c(c3)OCCO4)o2)c1. The summed E-state index contributed by atoms with van der Waals surface area (Å²) >= 11 is 0. The molecule has 0 unspecified atom stereocenters. The summed E-state index contributed by atoms with van der Waals surface area (Å²) in [6, 6.07) is 15.8. The number of hydrogen-bond donors (Lipinski definition) is 1. The van der Waals surface area contributed by atoms with Crippen molar-refractivity contribution >= 4 is 18.1 Å². The summed E-state index contributed by atoms with van der Waals surface area (Å²) in [6.45, 7) is 1.01. The number of fused-ring (bicyclic) bond motifs is 1. The van der Waals surface area contributed by atoms with Crippen molar-refractivity contribution in [3.05, 3.63) is 71.5 Å². The van der Waals surface area contributed by atoms with Crippen LogP contribution < -0.4 is 14.9 Å². The van der Waals surface area contributed by atoms with E-state index in [0.717, 1.165) is 11.1 Å². The second kappa shape index (κ2) is 9.17. The summed E-state index contributed by atoms with van der Waals surface area (Å²) in [5, 5.41) is 3.94. The maximum atomic E-state index is 12.2. The third kappa shape index (κ3) is 4.92. The van der Waals surface area contributed by atoms with E-state index >= 15 is 0 Å². The number of carbonyl (C=O) groups is 2. The Morgan fingerprint density at radius 2 is 1.90 bits per heavy atom. The van der Waals surface area contributed by atoms with Crippen molar-refractivity contribution in [3.8, 4) is 22.8 Å². The molecule has 0 saturated heterocycles. The Hall–Kier alpha value is -4.07. The molecule has 0 fully saturated rings. The van der Waals surface area contributed by atoms with Crippen LogP contribution in [0, 0.1) is 0 Å². The lowest BCUT2D eigenvalue weighted by atomic mass is 10.1. The Bertz CT molecular complexity index is 1130. The van der Waals surface area contributed by atoms with E-state index in [1.807, 2.05) is 12.1 Å². The van der Waals surface area contributed by atoms with Crippen LogP contribution in [0.25, 0.3) is 11.3 Å². The average Bonchev–Trinajstić information content (AvgIpc) is 3.27. The minimum atomic E-state index is -0.420. The third-order valence-electron chi connectivity index (χ3n) is 4.55. The number of ether oxygens (including phenoxy) is 3. The van der Waals surface area contributed by atoms with E-state index in [9.17, 15) is 9.59 Å². The minimum Gasteiger partial charge on any atom is -0.486 e. The van der Waals surface area contributed by atoms with Crippen LogP contribution in [0.2, 0.25) is 0 Å². The Labute approximate surface area is 178 Å². The summed E-state index contributed by atoms with van der Waals surface area (Å²) < 4.78 is 21.4. The van der Waals surface area contributed by atoms with Crippen LogP contribution in [-0.4, -0.2) is 38.4 Å². The van der Waals surface area contributed by atoms with Crippen LogP contribution in [0.3, 0.4) is 0 Å². The number of benzene rings is 2. The van der Waals surface area contributed by atoms with Gasteiger partial charge in [0.25, 0.3) is 0 Å². The van der Waals surface area contributed by atoms with E-state index in [2.05, 4.69) is 10.5 Å². The van der Waals surface area contributed by atoms with Gasteiger partial charge in [0.1, 0.15) is 24.7 Å². The van der Waals surface area contributed by atoms with Crippen molar-refractivity contribution in [2.75, 3.05) is 20.3 Å². The summed E-state index contributed by atoms with van der Waals surface area (Å²) in [5.41, 5.74) is 4.43. The number of esters is 1. The van der Waals surface area contributed by atoms with Crippen LogP contribution in [0.15, 0.2) is 64.1 Å². The van der Waals surface area contributed by atoms with Crippen molar-refractivity contribution in [1.82, 2.24) is 5.43 Å². The second-order valence-corrected chi connectivity index (χ2v) is 6.72. The van der Waals surface area contributed by atoms with Crippen molar-refractivity contribution in [3.63, 3.8) is 0 Å². The number of nitrogens with one attached hydrogen (secondary N) is 1. The van der Waals surface area contributed by atoms with Crippen molar-refractivity contribution in [1.29, 1.82) is 0 Å². The number of hydrogen-bond acceptors (Lipinski definition) is 7. The van der Waals surface area contributed by atoms with Gasteiger partial charge in [0.15, 0.2) is 11.5 Å². The largest absolute Gasteiger partial charge is 0.486 e. The highest BCUT2D eigenvalue weighted by Crippen LogP contribution is 2.30. The fourth-order valence-corrected chi connectivity index (χ4v) is 3.09. The molecule has 0 saturated carbocycles. The highest BCUT2D eigenvalue weighted by molar-refractivity contribution is 5.90. The molecular formula is C23H20N2O6. The van der Waals surface area contributed by atoms with Gasteiger partial charge in [0.2, 0.25) is 5.91 Å². The van der Waals surface area contributed by atoms with Gasteiger partial charge in [0, 0.05) is 5.56 Å². The first-order valence-corrected chi connectivity index (χ1v) is 9.61. The Morgan fingerprint density at radius 1 is 1.06 bits per heavy atom. The quantitative estimate of drug-likeness (QED) is 0.374. The monoisotopic (exact) mass is 420 g/mol. The van der Waals surface area contributed by atoms with E-state index < -0.39 is 5.97 Å². The van der Waals surface area contributed by atoms with Crippen molar-refractivity contribution < 1.29 is 28.2 Å². The molecule has 0 spiro atoms. The molecule has 1 amide bonds. The highest BCUT2D eigenvalue weighted by Gasteiger charge is 2.13. The van der Waals surface area contributed by atoms with Gasteiger partial charge in [-0.05, 0) is 42.0 Å². The van der Waals surface area contributed by atoms with E-state index in [1.165, 1.54) is 13.3 Å². The molecule has 4 rings (SSSR count). The van der Waals surface area contributed by atoms with Crippen LogP contribution in [-0.2, 0) is 16.0 Å². The highest BCUT2D eigenvalue weighted by atomic mass is 16.6. The number of nitrogens with zero attached hydrogens (tertiary/aromatic N) is 1. The number of amides is 1. The summed E-state index contributed by atoms with van der Waals surface area (Å²) in [5.74, 6) is 1.65. The predicted molar refractivity (Wildman–Crippen MR) is 112 cm³/mol. The molecule has 0 radical (unpaired) electrons.